The van der Waals surface area contributed by atoms with Crippen LogP contribution in [0.4, 0.5) is 0 Å². The highest BCUT2D eigenvalue weighted by Gasteiger charge is 2.47. The maximum absolute atomic E-state index is 13.7. The number of rotatable bonds is 4. The number of carbonyl (C=O) groups excluding carboxylic acids is 1. The molecule has 2 aliphatic rings. The number of phenols is 1. The lowest BCUT2D eigenvalue weighted by Crippen LogP contribution is -2.54. The number of allylic oxidation sites excluding steroid dienone is 3. The van der Waals surface area contributed by atoms with Crippen LogP contribution in [0.2, 0.25) is 0 Å². The summed E-state index contributed by atoms with van der Waals surface area (Å²) >= 11 is 0. The lowest BCUT2D eigenvalue weighted by atomic mass is 9.81. The van der Waals surface area contributed by atoms with Crippen LogP contribution in [0, 0.1) is 24.7 Å². The third-order valence-electron chi connectivity index (χ3n) is 8.99. The van der Waals surface area contributed by atoms with Crippen molar-refractivity contribution >= 4 is 11.5 Å². The zero-order valence-electron chi connectivity index (χ0n) is 26.1. The molecule has 9 atom stereocenters. The summed E-state index contributed by atoms with van der Waals surface area (Å²) in [4.78, 5) is 13.7. The van der Waals surface area contributed by atoms with E-state index in [1.165, 1.54) is 6.07 Å². The molecule has 0 bridgehead atoms. The Kier molecular flexibility index (Phi) is 11.6. The van der Waals surface area contributed by atoms with Gasteiger partial charge < -0.3 is 35.0 Å². The molecule has 2 aliphatic heterocycles. The summed E-state index contributed by atoms with van der Waals surface area (Å²) in [6.07, 6.45) is 4.26. The Morgan fingerprint density at radius 2 is 1.79 bits per heavy atom. The molecule has 5 N–H and O–H groups in total. The van der Waals surface area contributed by atoms with E-state index in [9.17, 15) is 30.3 Å². The zero-order valence-corrected chi connectivity index (χ0v) is 26.1. The van der Waals surface area contributed by atoms with E-state index in [1.54, 1.807) is 26.0 Å². The van der Waals surface area contributed by atoms with Crippen molar-refractivity contribution in [2.45, 2.75) is 117 Å². The fraction of sp³-hybridized carbons (Fsp3) is 0.618. The summed E-state index contributed by atoms with van der Waals surface area (Å²) in [5.74, 6) is -2.69. The number of esters is 1. The summed E-state index contributed by atoms with van der Waals surface area (Å²) in [6, 6.07) is 3.09. The number of benzene rings is 1. The number of cyclic esters (lactones) is 1. The molecule has 2 heterocycles. The van der Waals surface area contributed by atoms with Crippen LogP contribution >= 0.6 is 0 Å². The van der Waals surface area contributed by atoms with E-state index >= 15 is 0 Å². The highest BCUT2D eigenvalue weighted by Crippen LogP contribution is 2.39. The first-order valence-electron chi connectivity index (χ1n) is 15.2. The number of aryl methyl sites for hydroxylation is 1. The normalized spacial score (nSPS) is 37.4. The number of aromatic hydroxyl groups is 1. The number of fused-ring (bicyclic) bond motifs is 1. The smallest absolute Gasteiger partial charge is 0.339 e. The molecule has 0 spiro atoms. The van der Waals surface area contributed by atoms with Crippen molar-refractivity contribution in [3.8, 4) is 5.75 Å². The largest absolute Gasteiger partial charge is 0.508 e. The van der Waals surface area contributed by atoms with Gasteiger partial charge in [-0.2, -0.15) is 0 Å². The van der Waals surface area contributed by atoms with Crippen molar-refractivity contribution in [2.75, 3.05) is 0 Å². The molecule has 1 aromatic carbocycles. The molecule has 0 aromatic heterocycles. The Hall–Kier alpha value is -2.49. The van der Waals surface area contributed by atoms with Crippen LogP contribution in [0.1, 0.15) is 95.1 Å². The average Bonchev–Trinajstić information content (AvgIpc) is 2.93. The molecule has 8 nitrogen and oxygen atoms in total. The lowest BCUT2D eigenvalue weighted by molar-refractivity contribution is -0.305. The molecular weight excluding hydrogens is 536 g/mol. The van der Waals surface area contributed by atoms with Gasteiger partial charge in [-0.15, -0.1) is 0 Å². The predicted octanol–water partition coefficient (Wildman–Crippen LogP) is 5.19. The first kappa shape index (κ1) is 34.0. The van der Waals surface area contributed by atoms with Crippen molar-refractivity contribution < 1.29 is 39.8 Å². The Morgan fingerprint density at radius 1 is 1.10 bits per heavy atom. The van der Waals surface area contributed by atoms with Gasteiger partial charge in [-0.25, -0.2) is 4.79 Å². The number of aliphatic hydroxyl groups is 4. The number of carbonyl (C=O) groups is 1. The van der Waals surface area contributed by atoms with Crippen molar-refractivity contribution in [1.82, 2.24) is 0 Å². The quantitative estimate of drug-likeness (QED) is 0.240. The van der Waals surface area contributed by atoms with E-state index in [0.717, 1.165) is 6.42 Å². The lowest BCUT2D eigenvalue weighted by Gasteiger charge is -2.46. The van der Waals surface area contributed by atoms with Gasteiger partial charge in [0, 0.05) is 31.1 Å². The minimum absolute atomic E-state index is 0.00755. The Balaban J connectivity index is 2.04. The fourth-order valence-corrected chi connectivity index (χ4v) is 5.90. The Bertz CT molecular complexity index is 1190. The van der Waals surface area contributed by atoms with E-state index in [0.29, 0.717) is 22.3 Å². The molecule has 234 valence electrons. The molecule has 42 heavy (non-hydrogen) atoms. The zero-order chi connectivity index (χ0) is 31.4. The number of phenolic OH excluding ortho intramolecular Hbond substituents is 1. The molecule has 1 aromatic rings. The van der Waals surface area contributed by atoms with E-state index < -0.39 is 42.3 Å². The van der Waals surface area contributed by atoms with Crippen LogP contribution in [-0.2, 0) is 9.47 Å². The first-order chi connectivity index (χ1) is 19.7. The minimum Gasteiger partial charge on any atom is -0.508 e. The van der Waals surface area contributed by atoms with Gasteiger partial charge in [-0.3, -0.25) is 0 Å². The third-order valence-corrected chi connectivity index (χ3v) is 8.99. The summed E-state index contributed by atoms with van der Waals surface area (Å²) in [7, 11) is 0. The van der Waals surface area contributed by atoms with Crippen LogP contribution in [-0.4, -0.2) is 67.8 Å². The van der Waals surface area contributed by atoms with E-state index in [4.69, 9.17) is 9.47 Å². The Morgan fingerprint density at radius 3 is 2.45 bits per heavy atom. The SMILES string of the molecule is CCC(C)[C@H]1O[C@](O)(C[C@@H]2C[C@H](O)C/C=C(\C)[C@@H](O)[C@@H](C)/C=C/C=C(\C)c3cc(O)c(C)cc3C(=O)O2)C[C@H](O)[C@@H]1C. The van der Waals surface area contributed by atoms with E-state index in [1.807, 2.05) is 52.8 Å². The van der Waals surface area contributed by atoms with Gasteiger partial charge in [0.15, 0.2) is 5.79 Å². The summed E-state index contributed by atoms with van der Waals surface area (Å²) in [6.45, 7) is 13.2. The summed E-state index contributed by atoms with van der Waals surface area (Å²) < 4.78 is 12.2. The van der Waals surface area contributed by atoms with Crippen molar-refractivity contribution in [2.24, 2.45) is 17.8 Å². The topological polar surface area (TPSA) is 137 Å². The van der Waals surface area contributed by atoms with Crippen molar-refractivity contribution in [3.05, 3.63) is 58.7 Å². The van der Waals surface area contributed by atoms with Crippen molar-refractivity contribution in [3.63, 3.8) is 0 Å². The number of ether oxygens (including phenoxy) is 2. The fourth-order valence-electron chi connectivity index (χ4n) is 5.90. The Labute approximate surface area is 250 Å². The molecule has 8 heteroatoms. The monoisotopic (exact) mass is 586 g/mol. The molecule has 0 saturated carbocycles. The van der Waals surface area contributed by atoms with Gasteiger partial charge >= 0.3 is 5.97 Å². The van der Waals surface area contributed by atoms with Crippen LogP contribution in [0.3, 0.4) is 0 Å². The predicted molar refractivity (Wildman–Crippen MR) is 163 cm³/mol. The van der Waals surface area contributed by atoms with Gasteiger partial charge in [0.2, 0.25) is 0 Å². The second kappa shape index (κ2) is 14.3. The molecule has 1 unspecified atom stereocenters. The van der Waals surface area contributed by atoms with Crippen molar-refractivity contribution in [1.29, 1.82) is 0 Å². The van der Waals surface area contributed by atoms with Crippen LogP contribution < -0.4 is 0 Å². The number of aliphatic hydroxyl groups excluding tert-OH is 3. The highest BCUT2D eigenvalue weighted by atomic mass is 16.6. The minimum atomic E-state index is -1.77. The number of hydrogen-bond acceptors (Lipinski definition) is 8. The van der Waals surface area contributed by atoms with Gasteiger partial charge in [0.1, 0.15) is 11.9 Å². The second-order valence-corrected chi connectivity index (χ2v) is 12.6. The van der Waals surface area contributed by atoms with E-state index in [-0.39, 0.29) is 54.7 Å². The molecule has 3 rings (SSSR count). The van der Waals surface area contributed by atoms with Crippen LogP contribution in [0.5, 0.6) is 5.75 Å². The van der Waals surface area contributed by atoms with Gasteiger partial charge in [-0.1, -0.05) is 58.4 Å². The van der Waals surface area contributed by atoms with E-state index in [2.05, 4.69) is 0 Å². The second-order valence-electron chi connectivity index (χ2n) is 12.6. The molecular formula is C34H50O8. The molecule has 0 radical (unpaired) electrons. The van der Waals surface area contributed by atoms with Crippen LogP contribution in [0.25, 0.3) is 5.57 Å². The molecule has 0 amide bonds. The third kappa shape index (κ3) is 8.32. The van der Waals surface area contributed by atoms with Crippen LogP contribution in [0.15, 0.2) is 42.0 Å². The maximum atomic E-state index is 13.7. The molecule has 1 fully saturated rings. The molecule has 1 saturated heterocycles. The molecule has 0 aliphatic carbocycles. The summed E-state index contributed by atoms with van der Waals surface area (Å²) in [5, 5.41) is 54.7. The summed E-state index contributed by atoms with van der Waals surface area (Å²) in [5.41, 5.74) is 2.64. The van der Waals surface area contributed by atoms with Gasteiger partial charge in [0.25, 0.3) is 0 Å². The standard InChI is InChI=1S/C34H50O8/c1-8-19(2)32-24(7)30(37)18-34(40,42-32)17-26-15-25(35)13-12-22(5)31(38)21(4)11-9-10-20(3)27-16-29(36)23(6)14-28(27)33(39)41-26/h9-12,14,16,19,21,24-26,30-32,35-38,40H,8,13,15,17-18H2,1-7H3/b11-9+,20-10+,22-12+/t19?,21-,24-,25+,26-,30-,31-,32+,34+/m0/s1. The van der Waals surface area contributed by atoms with Gasteiger partial charge in [-0.05, 0) is 67.5 Å². The highest BCUT2D eigenvalue weighted by molar-refractivity contribution is 5.96. The first-order valence-corrected chi connectivity index (χ1v) is 15.2. The average molecular weight is 587 g/mol. The van der Waals surface area contributed by atoms with Gasteiger partial charge in [0.05, 0.1) is 30.0 Å². The number of hydrogen-bond donors (Lipinski definition) is 5. The maximum Gasteiger partial charge on any atom is 0.339 e.